The van der Waals surface area contributed by atoms with Gasteiger partial charge in [-0.05, 0) is 31.2 Å². The first-order valence-corrected chi connectivity index (χ1v) is 6.28. The lowest BCUT2D eigenvalue weighted by molar-refractivity contribution is 0.405. The number of aromatic hydroxyl groups is 1. The van der Waals surface area contributed by atoms with E-state index in [4.69, 9.17) is 4.74 Å². The highest BCUT2D eigenvalue weighted by Crippen LogP contribution is 2.26. The molecule has 2 rings (SSSR count). The van der Waals surface area contributed by atoms with E-state index in [1.165, 1.54) is 19.3 Å². The monoisotopic (exact) mass is 235 g/mol. The second kappa shape index (κ2) is 5.41. The molecular formula is C14H21NO2. The van der Waals surface area contributed by atoms with Crippen LogP contribution in [0.4, 0.5) is 0 Å². The number of benzene rings is 1. The molecule has 0 saturated heterocycles. The third-order valence-corrected chi connectivity index (χ3v) is 3.57. The van der Waals surface area contributed by atoms with Crippen LogP contribution in [0.3, 0.4) is 0 Å². The predicted octanol–water partition coefficient (Wildman–Crippen LogP) is 2.68. The Morgan fingerprint density at radius 2 is 2.24 bits per heavy atom. The van der Waals surface area contributed by atoms with Crippen molar-refractivity contribution in [3.63, 3.8) is 0 Å². The van der Waals surface area contributed by atoms with Crippen molar-refractivity contribution < 1.29 is 9.84 Å². The minimum atomic E-state index is 0.308. The van der Waals surface area contributed by atoms with Gasteiger partial charge in [-0.25, -0.2) is 0 Å². The second-order valence-corrected chi connectivity index (χ2v) is 4.99. The Kier molecular flexibility index (Phi) is 3.89. The van der Waals surface area contributed by atoms with Gasteiger partial charge in [0.05, 0.1) is 7.11 Å². The number of phenols is 1. The maximum Gasteiger partial charge on any atom is 0.123 e. The number of phenolic OH excluding ortho intramolecular Hbond substituents is 1. The molecule has 3 heteroatoms. The quantitative estimate of drug-likeness (QED) is 0.843. The zero-order valence-electron chi connectivity index (χ0n) is 10.6. The molecule has 17 heavy (non-hydrogen) atoms. The first-order chi connectivity index (χ1) is 8.19. The van der Waals surface area contributed by atoms with Crippen molar-refractivity contribution in [1.29, 1.82) is 0 Å². The molecule has 94 valence electrons. The number of hydrogen-bond donors (Lipinski definition) is 2. The van der Waals surface area contributed by atoms with Crippen LogP contribution in [0.2, 0.25) is 0 Å². The summed E-state index contributed by atoms with van der Waals surface area (Å²) in [5.74, 6) is 1.83. The molecule has 0 spiro atoms. The van der Waals surface area contributed by atoms with Crippen molar-refractivity contribution in [2.75, 3.05) is 7.11 Å². The second-order valence-electron chi connectivity index (χ2n) is 4.99. The van der Waals surface area contributed by atoms with Gasteiger partial charge in [-0.15, -0.1) is 0 Å². The van der Waals surface area contributed by atoms with Gasteiger partial charge in [-0.1, -0.05) is 13.0 Å². The highest BCUT2D eigenvalue weighted by Gasteiger charge is 2.20. The topological polar surface area (TPSA) is 41.5 Å². The van der Waals surface area contributed by atoms with Gasteiger partial charge >= 0.3 is 0 Å². The van der Waals surface area contributed by atoms with E-state index in [1.807, 2.05) is 12.1 Å². The smallest absolute Gasteiger partial charge is 0.123 e. The van der Waals surface area contributed by atoms with Gasteiger partial charge in [0.15, 0.2) is 0 Å². The number of nitrogens with one attached hydrogen (secondary N) is 1. The van der Waals surface area contributed by atoms with Gasteiger partial charge in [0.1, 0.15) is 11.5 Å². The Morgan fingerprint density at radius 3 is 2.82 bits per heavy atom. The van der Waals surface area contributed by atoms with E-state index in [0.717, 1.165) is 18.0 Å². The largest absolute Gasteiger partial charge is 0.507 e. The molecule has 0 bridgehead atoms. The summed E-state index contributed by atoms with van der Waals surface area (Å²) < 4.78 is 5.06. The summed E-state index contributed by atoms with van der Waals surface area (Å²) in [7, 11) is 1.60. The lowest BCUT2D eigenvalue weighted by Crippen LogP contribution is -2.25. The molecule has 2 unspecified atom stereocenters. The predicted molar refractivity (Wildman–Crippen MR) is 68.3 cm³/mol. The van der Waals surface area contributed by atoms with Crippen LogP contribution in [0.15, 0.2) is 18.2 Å². The van der Waals surface area contributed by atoms with Gasteiger partial charge in [0.25, 0.3) is 0 Å². The Morgan fingerprint density at radius 1 is 1.41 bits per heavy atom. The van der Waals surface area contributed by atoms with Gasteiger partial charge in [0.2, 0.25) is 0 Å². The molecule has 1 aliphatic rings. The van der Waals surface area contributed by atoms with Gasteiger partial charge in [0, 0.05) is 24.2 Å². The first-order valence-electron chi connectivity index (χ1n) is 6.28. The lowest BCUT2D eigenvalue weighted by atomic mass is 10.1. The van der Waals surface area contributed by atoms with Crippen LogP contribution in [0.1, 0.15) is 31.7 Å². The molecule has 1 fully saturated rings. The molecule has 3 nitrogen and oxygen atoms in total. The SMILES string of the molecule is COc1ccc(CNC2CCC(C)C2)c(O)c1. The van der Waals surface area contributed by atoms with Crippen molar-refractivity contribution >= 4 is 0 Å². The van der Waals surface area contributed by atoms with E-state index in [-0.39, 0.29) is 0 Å². The molecule has 0 radical (unpaired) electrons. The Labute approximate surface area is 103 Å². The van der Waals surface area contributed by atoms with Crippen LogP contribution in [-0.4, -0.2) is 18.3 Å². The third kappa shape index (κ3) is 3.13. The maximum absolute atomic E-state index is 9.83. The minimum Gasteiger partial charge on any atom is -0.507 e. The number of ether oxygens (including phenoxy) is 1. The van der Waals surface area contributed by atoms with E-state index in [9.17, 15) is 5.11 Å². The molecule has 0 heterocycles. The molecule has 0 amide bonds. The molecule has 0 aromatic heterocycles. The van der Waals surface area contributed by atoms with Crippen molar-refractivity contribution in [1.82, 2.24) is 5.32 Å². The van der Waals surface area contributed by atoms with Gasteiger partial charge < -0.3 is 15.2 Å². The highest BCUT2D eigenvalue weighted by molar-refractivity contribution is 5.39. The molecule has 1 aliphatic carbocycles. The zero-order chi connectivity index (χ0) is 12.3. The fourth-order valence-corrected chi connectivity index (χ4v) is 2.47. The molecule has 1 aromatic carbocycles. The van der Waals surface area contributed by atoms with Crippen molar-refractivity contribution in [2.45, 2.75) is 38.8 Å². The summed E-state index contributed by atoms with van der Waals surface area (Å²) in [6.07, 6.45) is 3.81. The highest BCUT2D eigenvalue weighted by atomic mass is 16.5. The minimum absolute atomic E-state index is 0.308. The average Bonchev–Trinajstić information content (AvgIpc) is 2.73. The van der Waals surface area contributed by atoms with Crippen LogP contribution in [-0.2, 0) is 6.54 Å². The molecule has 0 aliphatic heterocycles. The average molecular weight is 235 g/mol. The van der Waals surface area contributed by atoms with Crippen molar-refractivity contribution in [2.24, 2.45) is 5.92 Å². The number of methoxy groups -OCH3 is 1. The number of rotatable bonds is 4. The van der Waals surface area contributed by atoms with Crippen LogP contribution in [0.5, 0.6) is 11.5 Å². The standard InChI is InChI=1S/C14H21NO2/c1-10-3-5-12(7-10)15-9-11-4-6-13(17-2)8-14(11)16/h4,6,8,10,12,15-16H,3,5,7,9H2,1-2H3. The lowest BCUT2D eigenvalue weighted by Gasteiger charge is -2.13. The third-order valence-electron chi connectivity index (χ3n) is 3.57. The van der Waals surface area contributed by atoms with Gasteiger partial charge in [-0.3, -0.25) is 0 Å². The Bertz CT molecular complexity index is 378. The van der Waals surface area contributed by atoms with E-state index in [0.29, 0.717) is 17.5 Å². The van der Waals surface area contributed by atoms with Crippen LogP contribution in [0, 0.1) is 5.92 Å². The summed E-state index contributed by atoms with van der Waals surface area (Å²) in [5.41, 5.74) is 0.936. The van der Waals surface area contributed by atoms with Gasteiger partial charge in [-0.2, -0.15) is 0 Å². The summed E-state index contributed by atoms with van der Waals surface area (Å²) in [6, 6.07) is 6.06. The Hall–Kier alpha value is -1.22. The summed E-state index contributed by atoms with van der Waals surface area (Å²) in [4.78, 5) is 0. The van der Waals surface area contributed by atoms with E-state index >= 15 is 0 Å². The van der Waals surface area contributed by atoms with E-state index in [1.54, 1.807) is 13.2 Å². The first kappa shape index (κ1) is 12.2. The van der Waals surface area contributed by atoms with Crippen LogP contribution in [0.25, 0.3) is 0 Å². The molecule has 2 N–H and O–H groups in total. The molecule has 1 saturated carbocycles. The van der Waals surface area contributed by atoms with Crippen LogP contribution >= 0.6 is 0 Å². The Balaban J connectivity index is 1.90. The fraction of sp³-hybridized carbons (Fsp3) is 0.571. The zero-order valence-corrected chi connectivity index (χ0v) is 10.6. The van der Waals surface area contributed by atoms with Crippen molar-refractivity contribution in [3.05, 3.63) is 23.8 Å². The summed E-state index contributed by atoms with van der Waals surface area (Å²) >= 11 is 0. The maximum atomic E-state index is 9.83. The van der Waals surface area contributed by atoms with E-state index < -0.39 is 0 Å². The fourth-order valence-electron chi connectivity index (χ4n) is 2.47. The van der Waals surface area contributed by atoms with E-state index in [2.05, 4.69) is 12.2 Å². The molecule has 2 atom stereocenters. The summed E-state index contributed by atoms with van der Waals surface area (Å²) in [6.45, 7) is 3.03. The molecule has 1 aromatic rings. The normalized spacial score (nSPS) is 23.9. The van der Waals surface area contributed by atoms with Crippen molar-refractivity contribution in [3.8, 4) is 11.5 Å². The van der Waals surface area contributed by atoms with Crippen LogP contribution < -0.4 is 10.1 Å². The molecular weight excluding hydrogens is 214 g/mol. The number of hydrogen-bond acceptors (Lipinski definition) is 3. The summed E-state index contributed by atoms with van der Waals surface area (Å²) in [5, 5.41) is 13.3.